The van der Waals surface area contributed by atoms with Crippen molar-refractivity contribution in [2.45, 2.75) is 6.92 Å². The van der Waals surface area contributed by atoms with E-state index in [0.717, 1.165) is 5.56 Å². The number of ketones is 1. The number of allylic oxidation sites excluding steroid dienone is 1. The Bertz CT molecular complexity index is 865. The fraction of sp³-hybridized carbons (Fsp3) is 0.111. The van der Waals surface area contributed by atoms with E-state index in [2.05, 4.69) is 0 Å². The Balaban J connectivity index is 1.97. The van der Waals surface area contributed by atoms with E-state index in [4.69, 9.17) is 26.3 Å². The Morgan fingerprint density at radius 1 is 1.35 bits per heavy atom. The average Bonchev–Trinajstić information content (AvgIpc) is 2.84. The lowest BCUT2D eigenvalue weighted by atomic mass is 10.0. The molecule has 23 heavy (non-hydrogen) atoms. The van der Waals surface area contributed by atoms with Crippen molar-refractivity contribution in [2.24, 2.45) is 0 Å². The fourth-order valence-electron chi connectivity index (χ4n) is 2.41. The van der Waals surface area contributed by atoms with Crippen LogP contribution in [0, 0.1) is 18.3 Å². The molecule has 0 unspecified atom stereocenters. The van der Waals surface area contributed by atoms with Crippen LogP contribution in [0.5, 0.6) is 11.5 Å². The first-order valence-corrected chi connectivity index (χ1v) is 7.31. The molecule has 0 saturated heterocycles. The number of nitrogens with zero attached hydrogens (tertiary/aromatic N) is 1. The van der Waals surface area contributed by atoms with Crippen molar-refractivity contribution in [2.75, 3.05) is 6.61 Å². The predicted octanol–water partition coefficient (Wildman–Crippen LogP) is 4.17. The molecule has 4 nitrogen and oxygen atoms in total. The van der Waals surface area contributed by atoms with Crippen molar-refractivity contribution < 1.29 is 14.3 Å². The topological polar surface area (TPSA) is 59.3 Å². The van der Waals surface area contributed by atoms with Crippen LogP contribution in [-0.2, 0) is 0 Å². The van der Waals surface area contributed by atoms with Crippen LogP contribution < -0.4 is 9.47 Å². The van der Waals surface area contributed by atoms with E-state index in [1.54, 1.807) is 31.2 Å². The molecule has 1 heterocycles. The van der Waals surface area contributed by atoms with Gasteiger partial charge in [-0.3, -0.25) is 4.79 Å². The van der Waals surface area contributed by atoms with E-state index in [9.17, 15) is 4.79 Å². The lowest BCUT2D eigenvalue weighted by Gasteiger charge is -2.06. The van der Waals surface area contributed by atoms with Gasteiger partial charge in [0.1, 0.15) is 17.6 Å². The van der Waals surface area contributed by atoms with Crippen LogP contribution in [0.1, 0.15) is 21.5 Å². The van der Waals surface area contributed by atoms with Crippen molar-refractivity contribution in [1.82, 2.24) is 0 Å². The van der Waals surface area contributed by atoms with E-state index in [-0.39, 0.29) is 18.1 Å². The maximum atomic E-state index is 12.5. The SMILES string of the molecule is Cc1cc(OCC#N)cc2c1C(=O)/C(=C/c1ccccc1Cl)O2. The minimum atomic E-state index is -0.191. The summed E-state index contributed by atoms with van der Waals surface area (Å²) in [6.45, 7) is 1.74. The highest BCUT2D eigenvalue weighted by Gasteiger charge is 2.30. The standard InChI is InChI=1S/C18H12ClNO3/c1-11-8-13(22-7-6-20)10-15-17(11)18(21)16(23-15)9-12-4-2-3-5-14(12)19/h2-5,8-10H,7H2,1H3/b16-9-. The molecule has 0 spiro atoms. The van der Waals surface area contributed by atoms with Crippen molar-refractivity contribution in [3.05, 3.63) is 63.9 Å². The van der Waals surface area contributed by atoms with Gasteiger partial charge in [0, 0.05) is 11.1 Å². The molecular weight excluding hydrogens is 314 g/mol. The van der Waals surface area contributed by atoms with Crippen molar-refractivity contribution in [3.8, 4) is 17.6 Å². The summed E-state index contributed by atoms with van der Waals surface area (Å²) in [4.78, 5) is 12.5. The average molecular weight is 326 g/mol. The first-order chi connectivity index (χ1) is 11.1. The number of halogens is 1. The van der Waals surface area contributed by atoms with Crippen LogP contribution in [0.3, 0.4) is 0 Å². The minimum Gasteiger partial charge on any atom is -0.479 e. The molecule has 2 aromatic carbocycles. The Kier molecular flexibility index (Phi) is 4.05. The number of hydrogen-bond acceptors (Lipinski definition) is 4. The Hall–Kier alpha value is -2.77. The summed E-state index contributed by atoms with van der Waals surface area (Å²) in [5.74, 6) is 0.953. The van der Waals surface area contributed by atoms with Gasteiger partial charge in [-0.15, -0.1) is 0 Å². The number of fused-ring (bicyclic) bond motifs is 1. The van der Waals surface area contributed by atoms with E-state index in [0.29, 0.717) is 27.6 Å². The Morgan fingerprint density at radius 3 is 2.87 bits per heavy atom. The van der Waals surface area contributed by atoms with Crippen LogP contribution in [-0.4, -0.2) is 12.4 Å². The van der Waals surface area contributed by atoms with Gasteiger partial charge in [-0.2, -0.15) is 5.26 Å². The van der Waals surface area contributed by atoms with Crippen molar-refractivity contribution in [1.29, 1.82) is 5.26 Å². The van der Waals surface area contributed by atoms with E-state index >= 15 is 0 Å². The Morgan fingerprint density at radius 2 is 2.13 bits per heavy atom. The maximum absolute atomic E-state index is 12.5. The number of hydrogen-bond donors (Lipinski definition) is 0. The summed E-state index contributed by atoms with van der Waals surface area (Å²) in [7, 11) is 0. The zero-order valence-electron chi connectivity index (χ0n) is 12.3. The van der Waals surface area contributed by atoms with Crippen LogP contribution in [0.15, 0.2) is 42.2 Å². The number of carbonyl (C=O) groups excluding carboxylic acids is 1. The van der Waals surface area contributed by atoms with E-state index < -0.39 is 0 Å². The maximum Gasteiger partial charge on any atom is 0.232 e. The summed E-state index contributed by atoms with van der Waals surface area (Å²) in [6.07, 6.45) is 1.62. The molecule has 0 atom stereocenters. The van der Waals surface area contributed by atoms with Gasteiger partial charge < -0.3 is 9.47 Å². The smallest absolute Gasteiger partial charge is 0.232 e. The zero-order valence-corrected chi connectivity index (χ0v) is 13.1. The molecule has 2 aromatic rings. The van der Waals surface area contributed by atoms with Crippen molar-refractivity contribution in [3.63, 3.8) is 0 Å². The summed E-state index contributed by atoms with van der Waals surface area (Å²) in [6, 6.07) is 12.5. The first kappa shape index (κ1) is 15.1. The molecule has 0 aromatic heterocycles. The van der Waals surface area contributed by atoms with Crippen LogP contribution >= 0.6 is 11.6 Å². The monoisotopic (exact) mass is 325 g/mol. The normalized spacial score (nSPS) is 14.3. The molecule has 5 heteroatoms. The second-order valence-corrected chi connectivity index (χ2v) is 5.43. The molecule has 0 radical (unpaired) electrons. The third kappa shape index (κ3) is 2.92. The molecule has 1 aliphatic heterocycles. The number of Topliss-reactive ketones (excluding diaryl/α,β-unsaturated/α-hetero) is 1. The second-order valence-electron chi connectivity index (χ2n) is 5.02. The largest absolute Gasteiger partial charge is 0.479 e. The molecule has 0 amide bonds. The first-order valence-electron chi connectivity index (χ1n) is 6.93. The molecule has 1 aliphatic rings. The molecule has 3 rings (SSSR count). The third-order valence-corrected chi connectivity index (χ3v) is 3.78. The number of nitriles is 1. The summed E-state index contributed by atoms with van der Waals surface area (Å²) < 4.78 is 10.9. The lowest BCUT2D eigenvalue weighted by Crippen LogP contribution is -2.00. The highest BCUT2D eigenvalue weighted by Crippen LogP contribution is 2.37. The zero-order chi connectivity index (χ0) is 16.4. The summed E-state index contributed by atoms with van der Waals surface area (Å²) in [5, 5.41) is 9.13. The molecular formula is C18H12ClNO3. The molecule has 0 saturated carbocycles. The molecule has 0 fully saturated rings. The third-order valence-electron chi connectivity index (χ3n) is 3.44. The fourth-order valence-corrected chi connectivity index (χ4v) is 2.60. The molecule has 114 valence electrons. The highest BCUT2D eigenvalue weighted by atomic mass is 35.5. The van der Waals surface area contributed by atoms with E-state index in [1.807, 2.05) is 24.3 Å². The van der Waals surface area contributed by atoms with Gasteiger partial charge in [-0.25, -0.2) is 0 Å². The van der Waals surface area contributed by atoms with Gasteiger partial charge in [-0.1, -0.05) is 29.8 Å². The summed E-state index contributed by atoms with van der Waals surface area (Å²) >= 11 is 6.11. The number of benzene rings is 2. The molecule has 0 N–H and O–H groups in total. The molecule has 0 aliphatic carbocycles. The van der Waals surface area contributed by atoms with Gasteiger partial charge in [-0.05, 0) is 36.3 Å². The predicted molar refractivity (Wildman–Crippen MR) is 86.7 cm³/mol. The summed E-state index contributed by atoms with van der Waals surface area (Å²) in [5.41, 5.74) is 1.96. The van der Waals surface area contributed by atoms with Crippen LogP contribution in [0.2, 0.25) is 5.02 Å². The van der Waals surface area contributed by atoms with Gasteiger partial charge in [0.05, 0.1) is 5.56 Å². The van der Waals surface area contributed by atoms with E-state index in [1.165, 1.54) is 0 Å². The number of carbonyl (C=O) groups is 1. The highest BCUT2D eigenvalue weighted by molar-refractivity contribution is 6.32. The quantitative estimate of drug-likeness (QED) is 0.795. The number of ether oxygens (including phenoxy) is 2. The lowest BCUT2D eigenvalue weighted by molar-refractivity contribution is 0.101. The second kappa shape index (κ2) is 6.15. The van der Waals surface area contributed by atoms with Gasteiger partial charge >= 0.3 is 0 Å². The van der Waals surface area contributed by atoms with Crippen LogP contribution in [0.25, 0.3) is 6.08 Å². The molecule has 0 bridgehead atoms. The van der Waals surface area contributed by atoms with Gasteiger partial charge in [0.15, 0.2) is 12.4 Å². The van der Waals surface area contributed by atoms with Gasteiger partial charge in [0.2, 0.25) is 5.78 Å². The Labute approximate surface area is 138 Å². The van der Waals surface area contributed by atoms with Crippen molar-refractivity contribution >= 4 is 23.5 Å². The number of aryl methyl sites for hydroxylation is 1. The van der Waals surface area contributed by atoms with Gasteiger partial charge in [0.25, 0.3) is 0 Å². The minimum absolute atomic E-state index is 0.0610. The van der Waals surface area contributed by atoms with Crippen LogP contribution in [0.4, 0.5) is 0 Å². The number of rotatable bonds is 3.